The van der Waals surface area contributed by atoms with Crippen LogP contribution in [-0.4, -0.2) is 44.3 Å². The molecular weight excluding hydrogens is 412 g/mol. The van der Waals surface area contributed by atoms with Crippen LogP contribution in [0.25, 0.3) is 0 Å². The summed E-state index contributed by atoms with van der Waals surface area (Å²) in [5.74, 6) is 3.14. The predicted octanol–water partition coefficient (Wildman–Crippen LogP) is 5.23. The van der Waals surface area contributed by atoms with E-state index in [0.717, 1.165) is 36.7 Å². The van der Waals surface area contributed by atoms with Gasteiger partial charge in [-0.05, 0) is 85.5 Å². The van der Waals surface area contributed by atoms with Gasteiger partial charge in [-0.3, -0.25) is 0 Å². The van der Waals surface area contributed by atoms with Crippen LogP contribution >= 0.6 is 0 Å². The summed E-state index contributed by atoms with van der Waals surface area (Å²) in [6.45, 7) is 14.0. The molecule has 0 heterocycles. The molecule has 33 heavy (non-hydrogen) atoms. The van der Waals surface area contributed by atoms with E-state index in [1.54, 1.807) is 0 Å². The molecule has 0 radical (unpaired) electrons. The van der Waals surface area contributed by atoms with Gasteiger partial charge in [-0.15, -0.1) is 0 Å². The number of hydrogen-bond acceptors (Lipinski definition) is 4. The molecule has 2 unspecified atom stereocenters. The smallest absolute Gasteiger partial charge is 0.113 e. The van der Waals surface area contributed by atoms with Crippen LogP contribution in [0, 0.1) is 40.4 Å². The lowest BCUT2D eigenvalue weighted by molar-refractivity contribution is -0.216. The summed E-state index contributed by atoms with van der Waals surface area (Å²) in [4.78, 5) is 0. The Balaban J connectivity index is 1.62. The molecule has 4 rings (SSSR count). The molecule has 4 N–H and O–H groups in total. The van der Waals surface area contributed by atoms with E-state index < -0.39 is 29.3 Å². The van der Waals surface area contributed by atoms with Crippen molar-refractivity contribution in [2.45, 2.75) is 130 Å². The van der Waals surface area contributed by atoms with Gasteiger partial charge in [0.15, 0.2) is 0 Å². The number of aliphatic hydroxyl groups excluding tert-OH is 3. The van der Waals surface area contributed by atoms with Crippen LogP contribution in [0.1, 0.15) is 106 Å². The molecule has 0 aromatic heterocycles. The highest BCUT2D eigenvalue weighted by molar-refractivity contribution is 5.41. The molecule has 0 amide bonds. The van der Waals surface area contributed by atoms with Crippen molar-refractivity contribution in [3.05, 3.63) is 11.1 Å². The van der Waals surface area contributed by atoms with Crippen molar-refractivity contribution in [2.24, 2.45) is 40.4 Å². The minimum absolute atomic E-state index is 0.147. The Hall–Kier alpha value is -0.420. The zero-order valence-corrected chi connectivity index (χ0v) is 22.0. The highest BCUT2D eigenvalue weighted by Crippen LogP contribution is 2.66. The number of rotatable bonds is 6. The van der Waals surface area contributed by atoms with E-state index in [0.29, 0.717) is 30.6 Å². The highest BCUT2D eigenvalue weighted by Gasteiger charge is 2.65. The molecule has 4 aliphatic rings. The van der Waals surface area contributed by atoms with Crippen LogP contribution in [0.4, 0.5) is 0 Å². The second-order valence-electron chi connectivity index (χ2n) is 13.2. The normalized spacial score (nSPS) is 47.2. The Morgan fingerprint density at radius 1 is 0.970 bits per heavy atom. The first kappa shape index (κ1) is 25.7. The fourth-order valence-corrected chi connectivity index (χ4v) is 9.13. The third-order valence-electron chi connectivity index (χ3n) is 11.4. The predicted molar refractivity (Wildman–Crippen MR) is 133 cm³/mol. The molecule has 0 aromatic carbocycles. The van der Waals surface area contributed by atoms with Gasteiger partial charge in [0.1, 0.15) is 17.8 Å². The zero-order chi connectivity index (χ0) is 24.3. The third kappa shape index (κ3) is 3.77. The summed E-state index contributed by atoms with van der Waals surface area (Å²) in [7, 11) is 0. The quantitative estimate of drug-likeness (QED) is 0.408. The molecule has 4 heteroatoms. The maximum Gasteiger partial charge on any atom is 0.113 e. The third-order valence-corrected chi connectivity index (χ3v) is 11.4. The molecule has 4 aliphatic carbocycles. The first-order chi connectivity index (χ1) is 15.4. The number of hydrogen-bond donors (Lipinski definition) is 4. The number of aliphatic hydroxyl groups is 4. The van der Waals surface area contributed by atoms with Crippen molar-refractivity contribution in [2.75, 3.05) is 0 Å². The average Bonchev–Trinajstić information content (AvgIpc) is 3.11. The van der Waals surface area contributed by atoms with Crippen molar-refractivity contribution < 1.29 is 20.4 Å². The molecule has 0 aromatic rings. The topological polar surface area (TPSA) is 80.9 Å². The summed E-state index contributed by atoms with van der Waals surface area (Å²) in [6, 6.07) is 0. The van der Waals surface area contributed by atoms with Crippen molar-refractivity contribution >= 4 is 0 Å². The van der Waals surface area contributed by atoms with Crippen LogP contribution in [0.3, 0.4) is 0 Å². The van der Waals surface area contributed by atoms with Crippen LogP contribution in [0.5, 0.6) is 0 Å². The van der Waals surface area contributed by atoms with Gasteiger partial charge in [0.25, 0.3) is 0 Å². The summed E-state index contributed by atoms with van der Waals surface area (Å²) >= 11 is 0. The van der Waals surface area contributed by atoms with E-state index in [4.69, 9.17) is 0 Å². The standard InChI is InChI=1S/C29H50O4/c1-7-19(17(2)3)9-8-18(4)21-10-11-22-24-23(13-14-27(21,22)5)28(6)15-12-20(30)16-29(28,33)26(32)25(24)31/h17-22,25-26,30-33H,7-16H2,1-6H3/t18?,19-,20-,21+,22?,25-,26+,27+,28+,29-/m0/s1. The highest BCUT2D eigenvalue weighted by atomic mass is 16.4. The van der Waals surface area contributed by atoms with Crippen LogP contribution in [0.2, 0.25) is 0 Å². The summed E-state index contributed by atoms with van der Waals surface area (Å²) in [5.41, 5.74) is 0.406. The van der Waals surface area contributed by atoms with Gasteiger partial charge in [0.05, 0.1) is 6.10 Å². The minimum atomic E-state index is -1.45. The van der Waals surface area contributed by atoms with Crippen molar-refractivity contribution in [3.63, 3.8) is 0 Å². The molecule has 4 nitrogen and oxygen atoms in total. The van der Waals surface area contributed by atoms with E-state index in [1.807, 2.05) is 0 Å². The van der Waals surface area contributed by atoms with E-state index in [9.17, 15) is 20.4 Å². The first-order valence-corrected chi connectivity index (χ1v) is 13.9. The van der Waals surface area contributed by atoms with E-state index in [-0.39, 0.29) is 11.8 Å². The van der Waals surface area contributed by atoms with E-state index in [2.05, 4.69) is 41.5 Å². The zero-order valence-electron chi connectivity index (χ0n) is 22.0. The molecule has 190 valence electrons. The maximum absolute atomic E-state index is 11.6. The molecule has 2 saturated carbocycles. The molecule has 0 aliphatic heterocycles. The Morgan fingerprint density at radius 3 is 2.30 bits per heavy atom. The van der Waals surface area contributed by atoms with Crippen LogP contribution in [0.15, 0.2) is 11.1 Å². The van der Waals surface area contributed by atoms with Gasteiger partial charge < -0.3 is 20.4 Å². The Bertz CT molecular complexity index is 761. The first-order valence-electron chi connectivity index (χ1n) is 13.9. The van der Waals surface area contributed by atoms with Crippen molar-refractivity contribution in [3.8, 4) is 0 Å². The van der Waals surface area contributed by atoms with Gasteiger partial charge in [-0.2, -0.15) is 0 Å². The van der Waals surface area contributed by atoms with Gasteiger partial charge >= 0.3 is 0 Å². The van der Waals surface area contributed by atoms with Crippen LogP contribution < -0.4 is 0 Å². The molecule has 0 bridgehead atoms. The van der Waals surface area contributed by atoms with E-state index >= 15 is 0 Å². The lowest BCUT2D eigenvalue weighted by atomic mass is 9.47. The molecule has 0 spiro atoms. The van der Waals surface area contributed by atoms with E-state index in [1.165, 1.54) is 31.3 Å². The number of fused-ring (bicyclic) bond motifs is 4. The van der Waals surface area contributed by atoms with Gasteiger partial charge in [-0.25, -0.2) is 0 Å². The summed E-state index contributed by atoms with van der Waals surface area (Å²) in [5, 5.41) is 44.5. The second kappa shape index (κ2) is 8.91. The SMILES string of the molecule is CC[C@@H](CCC(C)[C@H]1CCC2C3=C(CC[C@@]21C)[C@@]1(C)CC[C@H](O)C[C@]1(O)[C@H](O)[C@H]3O)C(C)C. The molecule has 10 atom stereocenters. The summed E-state index contributed by atoms with van der Waals surface area (Å²) < 4.78 is 0. The van der Waals surface area contributed by atoms with Crippen molar-refractivity contribution in [1.29, 1.82) is 0 Å². The minimum Gasteiger partial charge on any atom is -0.393 e. The van der Waals surface area contributed by atoms with Gasteiger partial charge in [-0.1, -0.05) is 60.0 Å². The van der Waals surface area contributed by atoms with Gasteiger partial charge in [0.2, 0.25) is 0 Å². The Kier molecular flexibility index (Phi) is 6.93. The Morgan fingerprint density at radius 2 is 1.67 bits per heavy atom. The monoisotopic (exact) mass is 462 g/mol. The second-order valence-corrected chi connectivity index (χ2v) is 13.2. The molecule has 0 saturated heterocycles. The van der Waals surface area contributed by atoms with Crippen LogP contribution in [-0.2, 0) is 0 Å². The lowest BCUT2D eigenvalue weighted by Crippen LogP contribution is -2.67. The average molecular weight is 463 g/mol. The van der Waals surface area contributed by atoms with Gasteiger partial charge in [0, 0.05) is 11.8 Å². The summed E-state index contributed by atoms with van der Waals surface area (Å²) in [6.07, 6.45) is 6.70. The fraction of sp³-hybridized carbons (Fsp3) is 0.931. The molecular formula is C29H50O4. The maximum atomic E-state index is 11.6. The Labute approximate surface area is 201 Å². The lowest BCUT2D eigenvalue weighted by Gasteiger charge is -2.61. The van der Waals surface area contributed by atoms with Crippen molar-refractivity contribution in [1.82, 2.24) is 0 Å². The molecule has 2 fully saturated rings. The largest absolute Gasteiger partial charge is 0.393 e. The fourth-order valence-electron chi connectivity index (χ4n) is 9.13.